The Kier molecular flexibility index (Phi) is 5.33. The van der Waals surface area contributed by atoms with E-state index < -0.39 is 13.1 Å². The molecule has 0 saturated carbocycles. The number of para-hydroxylation sites is 1. The number of carboxylic acid groups (broad SMARTS) is 1. The van der Waals surface area contributed by atoms with Crippen molar-refractivity contribution in [1.82, 2.24) is 5.32 Å². The van der Waals surface area contributed by atoms with E-state index in [1.54, 1.807) is 12.1 Å². The van der Waals surface area contributed by atoms with Gasteiger partial charge in [0.25, 0.3) is 0 Å². The van der Waals surface area contributed by atoms with Crippen molar-refractivity contribution >= 4 is 18.8 Å². The van der Waals surface area contributed by atoms with E-state index in [-0.39, 0.29) is 11.5 Å². The zero-order valence-electron chi connectivity index (χ0n) is 15.0. The molecule has 0 spiro atoms. The highest BCUT2D eigenvalue weighted by molar-refractivity contribution is 6.48. The molecule has 0 radical (unpaired) electrons. The molecule has 2 aromatic carbocycles. The summed E-state index contributed by atoms with van der Waals surface area (Å²) in [5.74, 6) is -0.787. The first-order valence-electron chi connectivity index (χ1n) is 8.65. The summed E-state index contributed by atoms with van der Waals surface area (Å²) in [7, 11) is -0.588. The molecule has 0 bridgehead atoms. The Morgan fingerprint density at radius 1 is 1.35 bits per heavy atom. The fraction of sp³-hybridized carbons (Fsp3) is 0.250. The van der Waals surface area contributed by atoms with Crippen LogP contribution in [-0.4, -0.2) is 30.7 Å². The van der Waals surface area contributed by atoms with Crippen LogP contribution in [0.25, 0.3) is 5.70 Å². The minimum Gasteiger partial charge on any atom is -0.534 e. The SMILES string of the molecule is C=C(NC1Cc2cccc(C(=O)O)c2OB1OCC)c1ccc(C)cc1. The van der Waals surface area contributed by atoms with Gasteiger partial charge in [-0.3, -0.25) is 0 Å². The molecule has 1 unspecified atom stereocenters. The first-order chi connectivity index (χ1) is 12.5. The number of carbonyl (C=O) groups is 1. The number of hydrogen-bond acceptors (Lipinski definition) is 4. The molecule has 1 aliphatic rings. The van der Waals surface area contributed by atoms with Gasteiger partial charge >= 0.3 is 13.1 Å². The Bertz CT molecular complexity index is 819. The van der Waals surface area contributed by atoms with E-state index in [2.05, 4.69) is 11.9 Å². The van der Waals surface area contributed by atoms with E-state index >= 15 is 0 Å². The number of carboxylic acids is 1. The molecule has 6 heteroatoms. The van der Waals surface area contributed by atoms with Crippen LogP contribution in [-0.2, 0) is 11.1 Å². The monoisotopic (exact) mass is 351 g/mol. The largest absolute Gasteiger partial charge is 0.549 e. The quantitative estimate of drug-likeness (QED) is 0.782. The van der Waals surface area contributed by atoms with Crippen molar-refractivity contribution in [3.63, 3.8) is 0 Å². The number of hydrogen-bond donors (Lipinski definition) is 2. The zero-order valence-corrected chi connectivity index (χ0v) is 15.0. The molecule has 1 heterocycles. The summed E-state index contributed by atoms with van der Waals surface area (Å²) < 4.78 is 11.7. The van der Waals surface area contributed by atoms with E-state index in [0.717, 1.165) is 16.8 Å². The molecule has 134 valence electrons. The first-order valence-corrected chi connectivity index (χ1v) is 8.65. The summed E-state index contributed by atoms with van der Waals surface area (Å²) in [6.45, 7) is 8.51. The number of rotatable bonds is 6. The van der Waals surface area contributed by atoms with Crippen LogP contribution in [0.4, 0.5) is 0 Å². The van der Waals surface area contributed by atoms with Gasteiger partial charge in [0.05, 0.1) is 11.5 Å². The van der Waals surface area contributed by atoms with Crippen molar-refractivity contribution in [3.05, 3.63) is 71.3 Å². The Labute approximate surface area is 153 Å². The number of fused-ring (bicyclic) bond motifs is 1. The molecular weight excluding hydrogens is 329 g/mol. The van der Waals surface area contributed by atoms with E-state index in [9.17, 15) is 9.90 Å². The lowest BCUT2D eigenvalue weighted by Gasteiger charge is -2.32. The highest BCUT2D eigenvalue weighted by atomic mass is 16.6. The van der Waals surface area contributed by atoms with Gasteiger partial charge in [-0.15, -0.1) is 0 Å². The van der Waals surface area contributed by atoms with Crippen LogP contribution in [0.5, 0.6) is 5.75 Å². The van der Waals surface area contributed by atoms with Gasteiger partial charge < -0.3 is 19.7 Å². The fourth-order valence-corrected chi connectivity index (χ4v) is 3.08. The maximum atomic E-state index is 11.5. The van der Waals surface area contributed by atoms with Crippen LogP contribution in [0.2, 0.25) is 0 Å². The highest BCUT2D eigenvalue weighted by Gasteiger charge is 2.39. The first kappa shape index (κ1) is 18.1. The second-order valence-corrected chi connectivity index (χ2v) is 6.34. The molecule has 0 amide bonds. The minimum atomic E-state index is -1.01. The van der Waals surface area contributed by atoms with Gasteiger partial charge in [0.2, 0.25) is 0 Å². The standard InChI is InChI=1S/C20H22BNO4/c1-4-25-21-18(22-14(3)15-10-8-13(2)9-11-15)12-16-6-5-7-17(20(23)24)19(16)26-21/h5-11,18,22H,3-4,12H2,1-2H3,(H,23,24). The topological polar surface area (TPSA) is 67.8 Å². The van der Waals surface area contributed by atoms with Crippen LogP contribution in [0.15, 0.2) is 49.0 Å². The highest BCUT2D eigenvalue weighted by Crippen LogP contribution is 2.31. The lowest BCUT2D eigenvalue weighted by atomic mass is 9.71. The van der Waals surface area contributed by atoms with E-state index in [0.29, 0.717) is 18.8 Å². The van der Waals surface area contributed by atoms with Crippen molar-refractivity contribution < 1.29 is 19.2 Å². The van der Waals surface area contributed by atoms with Gasteiger partial charge in [-0.2, -0.15) is 0 Å². The summed E-state index contributed by atoms with van der Waals surface area (Å²) in [5, 5.41) is 12.8. The van der Waals surface area contributed by atoms with Crippen LogP contribution in [0, 0.1) is 6.92 Å². The van der Waals surface area contributed by atoms with Gasteiger partial charge in [-0.25, -0.2) is 4.79 Å². The number of aryl methyl sites for hydroxylation is 1. The van der Waals surface area contributed by atoms with E-state index in [1.165, 1.54) is 5.56 Å². The van der Waals surface area contributed by atoms with Crippen molar-refractivity contribution in [1.29, 1.82) is 0 Å². The molecule has 0 aliphatic carbocycles. The maximum Gasteiger partial charge on any atom is 0.549 e. The van der Waals surface area contributed by atoms with Crippen molar-refractivity contribution in [2.45, 2.75) is 26.2 Å². The molecule has 5 nitrogen and oxygen atoms in total. The molecule has 0 saturated heterocycles. The Balaban J connectivity index is 1.84. The lowest BCUT2D eigenvalue weighted by Crippen LogP contribution is -2.52. The predicted octanol–water partition coefficient (Wildman–Crippen LogP) is 3.32. The van der Waals surface area contributed by atoms with Crippen LogP contribution >= 0.6 is 0 Å². The number of aromatic carboxylic acids is 1. The molecule has 3 rings (SSSR count). The minimum absolute atomic E-state index is 0.156. The third-order valence-electron chi connectivity index (χ3n) is 4.42. The van der Waals surface area contributed by atoms with E-state index in [4.69, 9.17) is 9.31 Å². The second-order valence-electron chi connectivity index (χ2n) is 6.34. The predicted molar refractivity (Wildman–Crippen MR) is 102 cm³/mol. The van der Waals surface area contributed by atoms with Crippen LogP contribution in [0.3, 0.4) is 0 Å². The average Bonchev–Trinajstić information content (AvgIpc) is 2.62. The van der Waals surface area contributed by atoms with Gasteiger partial charge in [0.15, 0.2) is 0 Å². The van der Waals surface area contributed by atoms with Gasteiger partial charge in [0.1, 0.15) is 5.75 Å². The Hall–Kier alpha value is -2.73. The van der Waals surface area contributed by atoms with Crippen LogP contribution in [0.1, 0.15) is 34.0 Å². The molecule has 1 aliphatic heterocycles. The summed E-state index contributed by atoms with van der Waals surface area (Å²) in [5.41, 5.74) is 3.96. The molecule has 26 heavy (non-hydrogen) atoms. The smallest absolute Gasteiger partial charge is 0.534 e. The summed E-state index contributed by atoms with van der Waals surface area (Å²) >= 11 is 0. The van der Waals surface area contributed by atoms with Gasteiger partial charge in [-0.05, 0) is 37.5 Å². The third kappa shape index (κ3) is 3.75. The molecule has 2 aromatic rings. The second kappa shape index (κ2) is 7.66. The zero-order chi connectivity index (χ0) is 18.7. The van der Waals surface area contributed by atoms with Crippen molar-refractivity contribution in [3.8, 4) is 5.75 Å². The third-order valence-corrected chi connectivity index (χ3v) is 4.42. The number of benzene rings is 2. The molecule has 1 atom stereocenters. The van der Waals surface area contributed by atoms with Crippen molar-refractivity contribution in [2.75, 3.05) is 6.61 Å². The molecule has 0 aromatic heterocycles. The van der Waals surface area contributed by atoms with Crippen molar-refractivity contribution in [2.24, 2.45) is 0 Å². The van der Waals surface area contributed by atoms with E-state index in [1.807, 2.05) is 44.2 Å². The molecule has 2 N–H and O–H groups in total. The molecule has 0 fully saturated rings. The van der Waals surface area contributed by atoms with Crippen LogP contribution < -0.4 is 9.97 Å². The van der Waals surface area contributed by atoms with Gasteiger partial charge in [0, 0.05) is 12.3 Å². The Morgan fingerprint density at radius 3 is 2.73 bits per heavy atom. The maximum absolute atomic E-state index is 11.5. The fourth-order valence-electron chi connectivity index (χ4n) is 3.08. The summed E-state index contributed by atoms with van der Waals surface area (Å²) in [4.78, 5) is 11.5. The average molecular weight is 351 g/mol. The molecular formula is C20H22BNO4. The lowest BCUT2D eigenvalue weighted by molar-refractivity contribution is 0.0694. The summed E-state index contributed by atoms with van der Waals surface area (Å²) in [6, 6.07) is 13.3. The van der Waals surface area contributed by atoms with Gasteiger partial charge in [-0.1, -0.05) is 48.5 Å². The summed E-state index contributed by atoms with van der Waals surface area (Å²) in [6.07, 6.45) is 0.589. The number of nitrogens with one attached hydrogen (secondary N) is 1. The normalized spacial score (nSPS) is 15.8. The Morgan fingerprint density at radius 2 is 2.08 bits per heavy atom.